The highest BCUT2D eigenvalue weighted by Crippen LogP contribution is 2.43. The van der Waals surface area contributed by atoms with E-state index in [1.165, 1.54) is 12.1 Å². The topological polar surface area (TPSA) is 113 Å². The zero-order valence-electron chi connectivity index (χ0n) is 10.1. The Balaban J connectivity index is 2.54. The summed E-state index contributed by atoms with van der Waals surface area (Å²) in [6, 6.07) is 4.39. The van der Waals surface area contributed by atoms with Crippen LogP contribution in [0.1, 0.15) is 0 Å². The quantitative estimate of drug-likeness (QED) is 0.510. The summed E-state index contributed by atoms with van der Waals surface area (Å²) in [6.07, 6.45) is 0. The molecule has 2 rings (SSSR count). The van der Waals surface area contributed by atoms with Crippen molar-refractivity contribution in [2.45, 2.75) is 0 Å². The molecule has 0 aromatic heterocycles. The number of aromatic hydroxyl groups is 3. The molecule has 0 fully saturated rings. The van der Waals surface area contributed by atoms with Crippen LogP contribution in [0.15, 0.2) is 33.2 Å². The van der Waals surface area contributed by atoms with Gasteiger partial charge in [0.05, 0.1) is 15.5 Å². The van der Waals surface area contributed by atoms with Crippen LogP contribution in [0.25, 0.3) is 0 Å². The number of nitro groups is 1. The fourth-order valence-electron chi connectivity index (χ4n) is 1.52. The first kappa shape index (κ1) is 15.4. The second kappa shape index (κ2) is 5.78. The van der Waals surface area contributed by atoms with Gasteiger partial charge in [0.15, 0.2) is 0 Å². The standard InChI is InChI=1S/C12H7Br2NO6/c13-6-3-10(7(15(19)20)4-8(6)17)21-11-2-5(16)1-9(18)12(11)14/h1-4,16-18H. The lowest BCUT2D eigenvalue weighted by Gasteiger charge is -2.10. The molecule has 3 N–H and O–H groups in total. The van der Waals surface area contributed by atoms with E-state index in [9.17, 15) is 25.4 Å². The molecule has 7 nitrogen and oxygen atoms in total. The van der Waals surface area contributed by atoms with Gasteiger partial charge in [0.2, 0.25) is 5.75 Å². The van der Waals surface area contributed by atoms with Gasteiger partial charge in [-0.25, -0.2) is 0 Å². The number of phenolic OH excluding ortho intramolecular Hbond substituents is 3. The normalized spacial score (nSPS) is 10.4. The summed E-state index contributed by atoms with van der Waals surface area (Å²) in [6.45, 7) is 0. The molecule has 0 saturated carbocycles. The minimum atomic E-state index is -0.724. The first-order valence-corrected chi connectivity index (χ1v) is 6.94. The summed E-state index contributed by atoms with van der Waals surface area (Å²) in [5.41, 5.74) is -0.467. The van der Waals surface area contributed by atoms with Crippen molar-refractivity contribution >= 4 is 37.5 Å². The molecule has 0 radical (unpaired) electrons. The van der Waals surface area contributed by atoms with E-state index in [0.29, 0.717) is 0 Å². The molecule has 0 amide bonds. The van der Waals surface area contributed by atoms with Crippen LogP contribution in [-0.2, 0) is 0 Å². The highest BCUT2D eigenvalue weighted by molar-refractivity contribution is 9.11. The molecule has 0 atom stereocenters. The summed E-state index contributed by atoms with van der Waals surface area (Å²) >= 11 is 6.08. The maximum Gasteiger partial charge on any atom is 0.315 e. The number of hydrogen-bond acceptors (Lipinski definition) is 6. The van der Waals surface area contributed by atoms with E-state index in [0.717, 1.165) is 12.1 Å². The highest BCUT2D eigenvalue weighted by Gasteiger charge is 2.21. The predicted octanol–water partition coefficient (Wildman–Crippen LogP) is 4.03. The number of benzene rings is 2. The van der Waals surface area contributed by atoms with Crippen molar-refractivity contribution in [1.82, 2.24) is 0 Å². The molecule has 110 valence electrons. The molecule has 21 heavy (non-hydrogen) atoms. The maximum atomic E-state index is 11.0. The van der Waals surface area contributed by atoms with Crippen molar-refractivity contribution in [3.8, 4) is 28.7 Å². The Morgan fingerprint density at radius 2 is 1.67 bits per heavy atom. The van der Waals surface area contributed by atoms with Gasteiger partial charge in [-0.1, -0.05) is 0 Å². The lowest BCUT2D eigenvalue weighted by molar-refractivity contribution is -0.385. The van der Waals surface area contributed by atoms with E-state index in [-0.39, 0.29) is 37.7 Å². The molecule has 2 aromatic carbocycles. The number of phenols is 3. The lowest BCUT2D eigenvalue weighted by Crippen LogP contribution is -1.94. The van der Waals surface area contributed by atoms with E-state index >= 15 is 0 Å². The number of hydrogen-bond donors (Lipinski definition) is 3. The van der Waals surface area contributed by atoms with Crippen molar-refractivity contribution in [2.75, 3.05) is 0 Å². The number of halogens is 2. The molecule has 0 aliphatic rings. The number of rotatable bonds is 3. The molecule has 0 unspecified atom stereocenters. The van der Waals surface area contributed by atoms with Crippen LogP contribution in [0.4, 0.5) is 5.69 Å². The van der Waals surface area contributed by atoms with E-state index in [2.05, 4.69) is 31.9 Å². The third-order valence-electron chi connectivity index (χ3n) is 2.45. The Bertz CT molecular complexity index is 734. The second-order valence-corrected chi connectivity index (χ2v) is 5.55. The van der Waals surface area contributed by atoms with Crippen LogP contribution in [0.5, 0.6) is 28.7 Å². The average molecular weight is 421 g/mol. The SMILES string of the molecule is O=[N+]([O-])c1cc(O)c(Br)cc1Oc1cc(O)cc(O)c1Br. The van der Waals surface area contributed by atoms with Gasteiger partial charge in [-0.05, 0) is 31.9 Å². The maximum absolute atomic E-state index is 11.0. The van der Waals surface area contributed by atoms with Gasteiger partial charge in [-0.15, -0.1) is 0 Å². The molecular weight excluding hydrogens is 414 g/mol. The monoisotopic (exact) mass is 419 g/mol. The molecule has 0 spiro atoms. The van der Waals surface area contributed by atoms with E-state index in [4.69, 9.17) is 4.74 Å². The summed E-state index contributed by atoms with van der Waals surface area (Å²) in [4.78, 5) is 10.3. The summed E-state index contributed by atoms with van der Waals surface area (Å²) in [5, 5.41) is 39.5. The predicted molar refractivity (Wildman–Crippen MR) is 80.0 cm³/mol. The minimum absolute atomic E-state index is 0.0202. The Morgan fingerprint density at radius 1 is 1.00 bits per heavy atom. The van der Waals surface area contributed by atoms with Crippen molar-refractivity contribution < 1.29 is 25.0 Å². The van der Waals surface area contributed by atoms with Crippen LogP contribution in [0, 0.1) is 10.1 Å². The summed E-state index contributed by atoms with van der Waals surface area (Å²) in [7, 11) is 0. The van der Waals surface area contributed by atoms with Crippen molar-refractivity contribution in [2.24, 2.45) is 0 Å². The van der Waals surface area contributed by atoms with Gasteiger partial charge in [0.1, 0.15) is 27.5 Å². The average Bonchev–Trinajstić information content (AvgIpc) is 2.39. The van der Waals surface area contributed by atoms with Crippen LogP contribution in [0.3, 0.4) is 0 Å². The zero-order valence-corrected chi connectivity index (χ0v) is 13.3. The van der Waals surface area contributed by atoms with Crippen LogP contribution in [0.2, 0.25) is 0 Å². The Hall–Kier alpha value is -2.00. The third-order valence-corrected chi connectivity index (χ3v) is 3.88. The molecule has 0 heterocycles. The Kier molecular flexibility index (Phi) is 4.24. The van der Waals surface area contributed by atoms with Gasteiger partial charge in [0.25, 0.3) is 0 Å². The second-order valence-electron chi connectivity index (χ2n) is 3.91. The molecular formula is C12H7Br2NO6. The Labute approximate surface area is 134 Å². The van der Waals surface area contributed by atoms with E-state index < -0.39 is 10.6 Å². The highest BCUT2D eigenvalue weighted by atomic mass is 79.9. The largest absolute Gasteiger partial charge is 0.508 e. The molecule has 0 aliphatic carbocycles. The first-order chi connectivity index (χ1) is 9.79. The lowest BCUT2D eigenvalue weighted by atomic mass is 10.2. The number of ether oxygens (including phenoxy) is 1. The molecule has 0 bridgehead atoms. The number of nitrogens with zero attached hydrogens (tertiary/aromatic N) is 1. The number of nitro benzene ring substituents is 1. The fourth-order valence-corrected chi connectivity index (χ4v) is 2.15. The van der Waals surface area contributed by atoms with Crippen molar-refractivity contribution in [3.05, 3.63) is 43.3 Å². The fraction of sp³-hybridized carbons (Fsp3) is 0. The van der Waals surface area contributed by atoms with E-state index in [1.54, 1.807) is 0 Å². The third kappa shape index (κ3) is 3.19. The molecule has 2 aromatic rings. The van der Waals surface area contributed by atoms with Gasteiger partial charge < -0.3 is 20.1 Å². The van der Waals surface area contributed by atoms with Gasteiger partial charge in [0, 0.05) is 18.2 Å². The Morgan fingerprint density at radius 3 is 2.29 bits per heavy atom. The van der Waals surface area contributed by atoms with Crippen LogP contribution < -0.4 is 4.74 Å². The minimum Gasteiger partial charge on any atom is -0.508 e. The van der Waals surface area contributed by atoms with Crippen LogP contribution >= 0.6 is 31.9 Å². The van der Waals surface area contributed by atoms with Crippen LogP contribution in [-0.4, -0.2) is 20.2 Å². The van der Waals surface area contributed by atoms with Crippen molar-refractivity contribution in [3.63, 3.8) is 0 Å². The molecule has 9 heteroatoms. The van der Waals surface area contributed by atoms with Crippen molar-refractivity contribution in [1.29, 1.82) is 0 Å². The zero-order chi connectivity index (χ0) is 15.7. The first-order valence-electron chi connectivity index (χ1n) is 5.36. The molecule has 0 saturated heterocycles. The van der Waals surface area contributed by atoms with Gasteiger partial charge in [-0.2, -0.15) is 0 Å². The summed E-state index contributed by atoms with van der Waals surface area (Å²) < 4.78 is 5.67. The summed E-state index contributed by atoms with van der Waals surface area (Å²) in [5.74, 6) is -1.06. The molecule has 0 aliphatic heterocycles. The van der Waals surface area contributed by atoms with E-state index in [1.807, 2.05) is 0 Å². The van der Waals surface area contributed by atoms with Gasteiger partial charge in [-0.3, -0.25) is 10.1 Å². The smallest absolute Gasteiger partial charge is 0.315 e. The van der Waals surface area contributed by atoms with Gasteiger partial charge >= 0.3 is 5.69 Å².